The Hall–Kier alpha value is -1.52. The molecule has 4 N–H and O–H groups in total. The van der Waals surface area contributed by atoms with Gasteiger partial charge in [-0.3, -0.25) is 10.4 Å². The van der Waals surface area contributed by atoms with Gasteiger partial charge in [-0.25, -0.2) is 4.79 Å². The van der Waals surface area contributed by atoms with Crippen molar-refractivity contribution in [1.29, 1.82) is 0 Å². The summed E-state index contributed by atoms with van der Waals surface area (Å²) in [5.74, 6) is 0.495. The highest BCUT2D eigenvalue weighted by atomic mass is 16.2. The molecule has 1 aromatic rings. The largest absolute Gasteiger partial charge is 0.351 e. The lowest BCUT2D eigenvalue weighted by molar-refractivity contribution is 0.259. The lowest BCUT2D eigenvalue weighted by Crippen LogP contribution is -2.19. The number of carbonyl (C=O) groups is 1. The molecular weight excluding hydrogens is 144 g/mol. The minimum atomic E-state index is -0.598. The van der Waals surface area contributed by atoms with Crippen LogP contribution in [-0.4, -0.2) is 16.2 Å². The molecule has 0 saturated carbocycles. The predicted molar refractivity (Wildman–Crippen MR) is 41.3 cm³/mol. The fourth-order valence-electron chi connectivity index (χ4n) is 0.723. The van der Waals surface area contributed by atoms with E-state index in [2.05, 4.69) is 15.5 Å². The molecular formula is C6H10N4O. The number of hydrogen-bond donors (Lipinski definition) is 3. The molecule has 60 valence electrons. The van der Waals surface area contributed by atoms with Crippen molar-refractivity contribution >= 4 is 11.8 Å². The molecule has 1 rings (SSSR count). The van der Waals surface area contributed by atoms with Gasteiger partial charge in [-0.05, 0) is 13.8 Å². The maximum Gasteiger partial charge on any atom is 0.317 e. The van der Waals surface area contributed by atoms with Crippen LogP contribution in [0.1, 0.15) is 11.3 Å². The van der Waals surface area contributed by atoms with Gasteiger partial charge in [0.15, 0.2) is 5.82 Å². The number of amides is 2. The standard InChI is InChI=1S/C6H10N4O/c1-3-4(2)9-10-5(3)8-6(7)11/h1-2H3,(H4,7,8,9,10,11). The first-order valence-corrected chi connectivity index (χ1v) is 3.19. The Morgan fingerprint density at radius 3 is 2.64 bits per heavy atom. The smallest absolute Gasteiger partial charge is 0.317 e. The van der Waals surface area contributed by atoms with Crippen molar-refractivity contribution in [3.05, 3.63) is 11.3 Å². The number of urea groups is 1. The number of aromatic nitrogens is 2. The zero-order valence-electron chi connectivity index (χ0n) is 6.43. The van der Waals surface area contributed by atoms with Gasteiger partial charge in [-0.2, -0.15) is 5.10 Å². The Morgan fingerprint density at radius 2 is 2.27 bits per heavy atom. The predicted octanol–water partition coefficient (Wildman–Crippen LogP) is 0.517. The summed E-state index contributed by atoms with van der Waals surface area (Å²) in [6, 6.07) is -0.598. The number of aryl methyl sites for hydroxylation is 1. The van der Waals surface area contributed by atoms with E-state index in [1.807, 2.05) is 13.8 Å². The van der Waals surface area contributed by atoms with Gasteiger partial charge in [0, 0.05) is 11.3 Å². The van der Waals surface area contributed by atoms with Gasteiger partial charge >= 0.3 is 6.03 Å². The number of hydrogen-bond acceptors (Lipinski definition) is 2. The molecule has 5 heteroatoms. The molecule has 0 saturated heterocycles. The second kappa shape index (κ2) is 2.61. The monoisotopic (exact) mass is 154 g/mol. The van der Waals surface area contributed by atoms with Crippen molar-refractivity contribution in [1.82, 2.24) is 10.2 Å². The van der Waals surface area contributed by atoms with Gasteiger partial charge in [0.1, 0.15) is 0 Å². The molecule has 1 aromatic heterocycles. The van der Waals surface area contributed by atoms with Gasteiger partial charge in [0.2, 0.25) is 0 Å². The van der Waals surface area contributed by atoms with Crippen LogP contribution in [-0.2, 0) is 0 Å². The van der Waals surface area contributed by atoms with E-state index in [1.54, 1.807) is 0 Å². The van der Waals surface area contributed by atoms with Crippen LogP contribution in [0.5, 0.6) is 0 Å². The molecule has 5 nitrogen and oxygen atoms in total. The van der Waals surface area contributed by atoms with Gasteiger partial charge in [0.25, 0.3) is 0 Å². The second-order valence-electron chi connectivity index (χ2n) is 2.31. The Morgan fingerprint density at radius 1 is 1.64 bits per heavy atom. The zero-order valence-corrected chi connectivity index (χ0v) is 6.43. The molecule has 11 heavy (non-hydrogen) atoms. The summed E-state index contributed by atoms with van der Waals surface area (Å²) < 4.78 is 0. The summed E-state index contributed by atoms with van der Waals surface area (Å²) >= 11 is 0. The van der Waals surface area contributed by atoms with Gasteiger partial charge in [-0.15, -0.1) is 0 Å². The van der Waals surface area contributed by atoms with Gasteiger partial charge in [0.05, 0.1) is 0 Å². The molecule has 0 atom stereocenters. The molecule has 0 aromatic carbocycles. The molecule has 0 fully saturated rings. The highest BCUT2D eigenvalue weighted by molar-refractivity contribution is 5.87. The number of primary amides is 1. The van der Waals surface area contributed by atoms with Crippen LogP contribution in [0.4, 0.5) is 10.6 Å². The molecule has 0 bridgehead atoms. The summed E-state index contributed by atoms with van der Waals surface area (Å²) in [6.07, 6.45) is 0. The van der Waals surface area contributed by atoms with Gasteiger partial charge < -0.3 is 5.73 Å². The van der Waals surface area contributed by atoms with Crippen molar-refractivity contribution in [3.63, 3.8) is 0 Å². The third-order valence-electron chi connectivity index (χ3n) is 1.49. The van der Waals surface area contributed by atoms with Crippen LogP contribution >= 0.6 is 0 Å². The summed E-state index contributed by atoms with van der Waals surface area (Å²) in [4.78, 5) is 10.4. The zero-order chi connectivity index (χ0) is 8.43. The minimum Gasteiger partial charge on any atom is -0.351 e. The van der Waals surface area contributed by atoms with E-state index in [0.717, 1.165) is 11.3 Å². The molecule has 1 heterocycles. The molecule has 0 unspecified atom stereocenters. The van der Waals surface area contributed by atoms with Crippen LogP contribution in [0, 0.1) is 13.8 Å². The lowest BCUT2D eigenvalue weighted by Gasteiger charge is -1.96. The number of nitrogens with two attached hydrogens (primary N) is 1. The quantitative estimate of drug-likeness (QED) is 0.550. The summed E-state index contributed by atoms with van der Waals surface area (Å²) in [7, 11) is 0. The van der Waals surface area contributed by atoms with Crippen molar-refractivity contribution in [2.24, 2.45) is 5.73 Å². The summed E-state index contributed by atoms with van der Waals surface area (Å²) in [5.41, 5.74) is 6.73. The summed E-state index contributed by atoms with van der Waals surface area (Å²) in [6.45, 7) is 3.72. The van der Waals surface area contributed by atoms with Crippen molar-refractivity contribution < 1.29 is 4.79 Å². The molecule has 0 aliphatic heterocycles. The van der Waals surface area contributed by atoms with E-state index in [1.165, 1.54) is 0 Å². The number of rotatable bonds is 1. The minimum absolute atomic E-state index is 0.495. The van der Waals surface area contributed by atoms with E-state index in [-0.39, 0.29) is 0 Å². The number of carbonyl (C=O) groups excluding carboxylic acids is 1. The van der Waals surface area contributed by atoms with E-state index in [9.17, 15) is 4.79 Å². The number of aromatic amines is 1. The Bertz CT molecular complexity index is 278. The first kappa shape index (κ1) is 7.59. The highest BCUT2D eigenvalue weighted by Gasteiger charge is 2.05. The molecule has 0 radical (unpaired) electrons. The highest BCUT2D eigenvalue weighted by Crippen LogP contribution is 2.12. The van der Waals surface area contributed by atoms with E-state index in [4.69, 9.17) is 5.73 Å². The maximum atomic E-state index is 10.4. The number of H-pyrrole nitrogens is 1. The molecule has 0 spiro atoms. The summed E-state index contributed by atoms with van der Waals surface area (Å²) in [5, 5.41) is 8.93. The van der Waals surface area contributed by atoms with Crippen LogP contribution in [0.3, 0.4) is 0 Å². The molecule has 2 amide bonds. The van der Waals surface area contributed by atoms with Crippen LogP contribution in [0.25, 0.3) is 0 Å². The fraction of sp³-hybridized carbons (Fsp3) is 0.333. The van der Waals surface area contributed by atoms with Crippen molar-refractivity contribution in [2.45, 2.75) is 13.8 Å². The Labute approximate surface area is 64.0 Å². The van der Waals surface area contributed by atoms with Crippen LogP contribution in [0.2, 0.25) is 0 Å². The van der Waals surface area contributed by atoms with E-state index < -0.39 is 6.03 Å². The first-order chi connectivity index (χ1) is 5.11. The normalized spacial score (nSPS) is 9.64. The first-order valence-electron chi connectivity index (χ1n) is 3.19. The Balaban J connectivity index is 2.87. The van der Waals surface area contributed by atoms with Crippen molar-refractivity contribution in [3.8, 4) is 0 Å². The van der Waals surface area contributed by atoms with E-state index in [0.29, 0.717) is 5.82 Å². The SMILES string of the molecule is Cc1[nH]nc(NC(N)=O)c1C. The fourth-order valence-corrected chi connectivity index (χ4v) is 0.723. The number of nitrogens with one attached hydrogen (secondary N) is 2. The topological polar surface area (TPSA) is 83.8 Å². The maximum absolute atomic E-state index is 10.4. The average molecular weight is 154 g/mol. The number of nitrogens with zero attached hydrogens (tertiary/aromatic N) is 1. The van der Waals surface area contributed by atoms with Crippen LogP contribution in [0.15, 0.2) is 0 Å². The average Bonchev–Trinajstić information content (AvgIpc) is 2.18. The number of anilines is 1. The van der Waals surface area contributed by atoms with Crippen LogP contribution < -0.4 is 11.1 Å². The van der Waals surface area contributed by atoms with Crippen molar-refractivity contribution in [2.75, 3.05) is 5.32 Å². The third kappa shape index (κ3) is 1.49. The van der Waals surface area contributed by atoms with E-state index >= 15 is 0 Å². The second-order valence-corrected chi connectivity index (χ2v) is 2.31. The third-order valence-corrected chi connectivity index (χ3v) is 1.49. The Kier molecular flexibility index (Phi) is 1.80. The van der Waals surface area contributed by atoms with Gasteiger partial charge in [-0.1, -0.05) is 0 Å². The molecule has 0 aliphatic rings. The lowest BCUT2D eigenvalue weighted by atomic mass is 10.3. The molecule has 0 aliphatic carbocycles.